The quantitative estimate of drug-likeness (QED) is 0.690. The zero-order valence-electron chi connectivity index (χ0n) is 17.5. The summed E-state index contributed by atoms with van der Waals surface area (Å²) in [5.74, 6) is 1.20. The van der Waals surface area contributed by atoms with Crippen molar-refractivity contribution in [3.8, 4) is 5.75 Å². The second-order valence-electron chi connectivity index (χ2n) is 9.25. The van der Waals surface area contributed by atoms with Gasteiger partial charge < -0.3 is 14.4 Å². The largest absolute Gasteiger partial charge is 0.497 e. The molecule has 3 heterocycles. The number of amides is 1. The number of morpholine rings is 1. The average molecular weight is 435 g/mol. The Kier molecular flexibility index (Phi) is 4.87. The van der Waals surface area contributed by atoms with Crippen LogP contribution in [0.4, 0.5) is 0 Å². The normalized spacial score (nSPS) is 28.8. The molecule has 30 heavy (non-hydrogen) atoms. The molecule has 3 aliphatic heterocycles. The molecule has 7 nitrogen and oxygen atoms in total. The number of carbonyl (C=O) groups excluding carboxylic acids is 1. The fourth-order valence-corrected chi connectivity index (χ4v) is 7.94. The van der Waals surface area contributed by atoms with Gasteiger partial charge in [-0.15, -0.1) is 0 Å². The van der Waals surface area contributed by atoms with Crippen molar-refractivity contribution in [2.45, 2.75) is 29.4 Å². The third kappa shape index (κ3) is 3.07. The molecule has 5 rings (SSSR count). The number of sulfone groups is 1. The molecule has 4 fully saturated rings. The van der Waals surface area contributed by atoms with Crippen LogP contribution < -0.4 is 4.74 Å². The summed E-state index contributed by atoms with van der Waals surface area (Å²) in [4.78, 5) is 17.5. The lowest BCUT2D eigenvalue weighted by Gasteiger charge is -2.51. The SMILES string of the molecule is COc1ccc(C2(C(=O)N3CC4(C3)C(CN3CCOCC3)CCS4(=O)=O)CC2)cc1. The van der Waals surface area contributed by atoms with Crippen LogP contribution in [0.2, 0.25) is 0 Å². The van der Waals surface area contributed by atoms with Gasteiger partial charge in [0.2, 0.25) is 5.91 Å². The van der Waals surface area contributed by atoms with Crippen molar-refractivity contribution >= 4 is 15.7 Å². The summed E-state index contributed by atoms with van der Waals surface area (Å²) in [6, 6.07) is 7.71. The maximum absolute atomic E-state index is 13.4. The molecule has 0 N–H and O–H groups in total. The van der Waals surface area contributed by atoms with Crippen molar-refractivity contribution < 1.29 is 22.7 Å². The molecule has 8 heteroatoms. The van der Waals surface area contributed by atoms with Crippen LogP contribution in [0.25, 0.3) is 0 Å². The lowest BCUT2D eigenvalue weighted by atomic mass is 9.81. The fourth-order valence-electron chi connectivity index (χ4n) is 5.53. The van der Waals surface area contributed by atoms with E-state index in [9.17, 15) is 13.2 Å². The lowest BCUT2D eigenvalue weighted by molar-refractivity contribution is -0.140. The zero-order valence-corrected chi connectivity index (χ0v) is 18.3. The van der Waals surface area contributed by atoms with E-state index in [1.165, 1.54) is 0 Å². The molecule has 0 bridgehead atoms. The summed E-state index contributed by atoms with van der Waals surface area (Å²) in [6.07, 6.45) is 2.35. The topological polar surface area (TPSA) is 76.2 Å². The average Bonchev–Trinajstić information content (AvgIpc) is 3.49. The highest BCUT2D eigenvalue weighted by atomic mass is 32.2. The number of ether oxygens (including phenoxy) is 2. The molecular weight excluding hydrogens is 404 g/mol. The Bertz CT molecular complexity index is 913. The summed E-state index contributed by atoms with van der Waals surface area (Å²) in [6.45, 7) is 4.62. The Balaban J connectivity index is 1.30. The third-order valence-electron chi connectivity index (χ3n) is 7.69. The first-order valence-corrected chi connectivity index (χ1v) is 12.5. The van der Waals surface area contributed by atoms with E-state index in [0.29, 0.717) is 32.7 Å². The van der Waals surface area contributed by atoms with Crippen molar-refractivity contribution in [2.75, 3.05) is 58.8 Å². The van der Waals surface area contributed by atoms with Crippen molar-refractivity contribution in [3.63, 3.8) is 0 Å². The van der Waals surface area contributed by atoms with E-state index in [1.807, 2.05) is 24.3 Å². The van der Waals surface area contributed by atoms with Gasteiger partial charge in [0.15, 0.2) is 9.84 Å². The van der Waals surface area contributed by atoms with Gasteiger partial charge in [-0.2, -0.15) is 0 Å². The predicted octanol–water partition coefficient (Wildman–Crippen LogP) is 1.07. The Labute approximate surface area is 178 Å². The van der Waals surface area contributed by atoms with E-state index in [0.717, 1.165) is 43.8 Å². The number of carbonyl (C=O) groups is 1. The van der Waals surface area contributed by atoms with Crippen molar-refractivity contribution in [1.29, 1.82) is 0 Å². The van der Waals surface area contributed by atoms with Crippen LogP contribution in [0.1, 0.15) is 24.8 Å². The van der Waals surface area contributed by atoms with Crippen LogP contribution in [-0.2, 0) is 24.8 Å². The molecule has 3 saturated heterocycles. The molecule has 1 saturated carbocycles. The van der Waals surface area contributed by atoms with E-state index in [-0.39, 0.29) is 17.6 Å². The third-order valence-corrected chi connectivity index (χ3v) is 10.3. The molecule has 164 valence electrons. The predicted molar refractivity (Wildman–Crippen MR) is 112 cm³/mol. The number of benzene rings is 1. The number of likely N-dealkylation sites (tertiary alicyclic amines) is 1. The van der Waals surface area contributed by atoms with Gasteiger partial charge in [0.25, 0.3) is 0 Å². The Morgan fingerprint density at radius 2 is 1.83 bits per heavy atom. The standard InChI is InChI=1S/C22H30N2O5S/c1-28-19-4-2-17(3-5-19)21(7-8-21)20(25)24-15-22(16-24)18(6-13-30(22,26)27)14-23-9-11-29-12-10-23/h2-5,18H,6-16H2,1H3. The molecule has 1 amide bonds. The number of nitrogens with zero attached hydrogens (tertiary/aromatic N) is 2. The Hall–Kier alpha value is -1.64. The van der Waals surface area contributed by atoms with Gasteiger partial charge >= 0.3 is 0 Å². The van der Waals surface area contributed by atoms with Crippen molar-refractivity contribution in [2.24, 2.45) is 5.92 Å². The summed E-state index contributed by atoms with van der Waals surface area (Å²) in [5.41, 5.74) is 0.532. The molecule has 0 radical (unpaired) electrons. The molecule has 1 aromatic carbocycles. The number of rotatable bonds is 5. The molecule has 1 unspecified atom stereocenters. The molecule has 1 spiro atoms. The maximum Gasteiger partial charge on any atom is 0.233 e. The van der Waals surface area contributed by atoms with Gasteiger partial charge in [0.1, 0.15) is 10.5 Å². The smallest absolute Gasteiger partial charge is 0.233 e. The van der Waals surface area contributed by atoms with Gasteiger partial charge in [-0.05, 0) is 42.9 Å². The van der Waals surface area contributed by atoms with Gasteiger partial charge in [-0.25, -0.2) is 8.42 Å². The van der Waals surface area contributed by atoms with Crippen LogP contribution >= 0.6 is 0 Å². The van der Waals surface area contributed by atoms with Crippen LogP contribution in [0.3, 0.4) is 0 Å². The van der Waals surface area contributed by atoms with E-state index < -0.39 is 20.0 Å². The zero-order chi connectivity index (χ0) is 21.0. The fraction of sp³-hybridized carbons (Fsp3) is 0.682. The first-order chi connectivity index (χ1) is 14.4. The monoisotopic (exact) mass is 434 g/mol. The molecule has 1 aromatic rings. The first-order valence-electron chi connectivity index (χ1n) is 10.9. The van der Waals surface area contributed by atoms with E-state index in [1.54, 1.807) is 12.0 Å². The Morgan fingerprint density at radius 3 is 2.43 bits per heavy atom. The second-order valence-corrected chi connectivity index (χ2v) is 11.7. The van der Waals surface area contributed by atoms with Crippen molar-refractivity contribution in [1.82, 2.24) is 9.80 Å². The summed E-state index contributed by atoms with van der Waals surface area (Å²) in [5, 5.41) is 0. The van der Waals surface area contributed by atoms with E-state index in [4.69, 9.17) is 9.47 Å². The minimum Gasteiger partial charge on any atom is -0.497 e. The number of hydrogen-bond donors (Lipinski definition) is 0. The minimum absolute atomic E-state index is 0.0884. The number of methoxy groups -OCH3 is 1. The first kappa shape index (κ1) is 20.3. The molecular formula is C22H30N2O5S. The molecule has 1 atom stereocenters. The van der Waals surface area contributed by atoms with Crippen LogP contribution in [-0.4, -0.2) is 87.7 Å². The van der Waals surface area contributed by atoms with Gasteiger partial charge in [0, 0.05) is 32.7 Å². The minimum atomic E-state index is -3.18. The highest BCUT2D eigenvalue weighted by Crippen LogP contribution is 2.53. The summed E-state index contributed by atoms with van der Waals surface area (Å²) < 4.78 is 35.9. The second kappa shape index (κ2) is 7.21. The maximum atomic E-state index is 13.4. The lowest BCUT2D eigenvalue weighted by Crippen LogP contribution is -2.70. The van der Waals surface area contributed by atoms with Gasteiger partial charge in [0.05, 0.1) is 31.5 Å². The van der Waals surface area contributed by atoms with E-state index in [2.05, 4.69) is 4.90 Å². The van der Waals surface area contributed by atoms with Crippen molar-refractivity contribution in [3.05, 3.63) is 29.8 Å². The van der Waals surface area contributed by atoms with E-state index >= 15 is 0 Å². The highest BCUT2D eigenvalue weighted by molar-refractivity contribution is 7.93. The van der Waals surface area contributed by atoms with Crippen LogP contribution in [0, 0.1) is 5.92 Å². The summed E-state index contributed by atoms with van der Waals surface area (Å²) >= 11 is 0. The highest BCUT2D eigenvalue weighted by Gasteiger charge is 2.65. The summed E-state index contributed by atoms with van der Waals surface area (Å²) in [7, 11) is -1.56. The van der Waals surface area contributed by atoms with Gasteiger partial charge in [-0.1, -0.05) is 12.1 Å². The molecule has 1 aliphatic carbocycles. The van der Waals surface area contributed by atoms with Gasteiger partial charge in [-0.3, -0.25) is 9.69 Å². The number of hydrogen-bond acceptors (Lipinski definition) is 6. The molecule has 4 aliphatic rings. The molecule has 0 aromatic heterocycles. The van der Waals surface area contributed by atoms with Crippen LogP contribution in [0.15, 0.2) is 24.3 Å². The Morgan fingerprint density at radius 1 is 1.17 bits per heavy atom. The van der Waals surface area contributed by atoms with Crippen LogP contribution in [0.5, 0.6) is 5.75 Å².